The van der Waals surface area contributed by atoms with E-state index in [4.69, 9.17) is 23.2 Å². The van der Waals surface area contributed by atoms with Gasteiger partial charge in [-0.2, -0.15) is 0 Å². The summed E-state index contributed by atoms with van der Waals surface area (Å²) >= 11 is 16.8. The van der Waals surface area contributed by atoms with Crippen LogP contribution in [0.25, 0.3) is 0 Å². The third-order valence-electron chi connectivity index (χ3n) is 2.32. The molecule has 6 heteroatoms. The number of halogens is 3. The molecule has 1 aromatic heterocycles. The van der Waals surface area contributed by atoms with E-state index in [0.717, 1.165) is 9.35 Å². The van der Waals surface area contributed by atoms with Crippen LogP contribution >= 0.6 is 50.5 Å². The average Bonchev–Trinajstić information content (AvgIpc) is 2.76. The summed E-state index contributed by atoms with van der Waals surface area (Å²) < 4.78 is 0.897. The Balaban J connectivity index is 2.30. The molecule has 1 heterocycles. The van der Waals surface area contributed by atoms with E-state index in [0.29, 0.717) is 20.6 Å². The topological polar surface area (TPSA) is 29.1 Å². The first-order valence-corrected chi connectivity index (χ1v) is 7.37. The largest absolute Gasteiger partial charge is 0.319 e. The Labute approximate surface area is 127 Å². The summed E-state index contributed by atoms with van der Waals surface area (Å²) in [7, 11) is 0. The second-order valence-electron chi connectivity index (χ2n) is 3.61. The van der Waals surface area contributed by atoms with E-state index < -0.39 is 0 Å². The van der Waals surface area contributed by atoms with Gasteiger partial charge in [-0.25, -0.2) is 0 Å². The molecule has 0 bridgehead atoms. The number of carbonyl (C=O) groups excluding carboxylic acids is 1. The van der Waals surface area contributed by atoms with Gasteiger partial charge in [0.05, 0.1) is 24.4 Å². The van der Waals surface area contributed by atoms with Crippen LogP contribution in [0.5, 0.6) is 0 Å². The van der Waals surface area contributed by atoms with Gasteiger partial charge < -0.3 is 5.32 Å². The van der Waals surface area contributed by atoms with Crippen molar-refractivity contribution in [3.8, 4) is 0 Å². The smallest absolute Gasteiger partial charge is 0.265 e. The summed E-state index contributed by atoms with van der Waals surface area (Å²) in [6.07, 6.45) is 0. The summed E-state index contributed by atoms with van der Waals surface area (Å²) in [6.45, 7) is 1.86. The lowest BCUT2D eigenvalue weighted by atomic mass is 10.2. The molecule has 1 N–H and O–H groups in total. The van der Waals surface area contributed by atoms with Crippen LogP contribution in [0.2, 0.25) is 10.0 Å². The molecule has 0 atom stereocenters. The van der Waals surface area contributed by atoms with Gasteiger partial charge in [0.25, 0.3) is 5.91 Å². The molecule has 0 radical (unpaired) electrons. The minimum atomic E-state index is -0.222. The van der Waals surface area contributed by atoms with E-state index in [1.165, 1.54) is 11.3 Å². The number of nitrogens with one attached hydrogen (secondary N) is 1. The first-order chi connectivity index (χ1) is 8.49. The van der Waals surface area contributed by atoms with Crippen molar-refractivity contribution >= 4 is 62.1 Å². The quantitative estimate of drug-likeness (QED) is 0.761. The van der Waals surface area contributed by atoms with Gasteiger partial charge in [0.2, 0.25) is 0 Å². The van der Waals surface area contributed by atoms with Crippen molar-refractivity contribution in [3.05, 3.63) is 48.5 Å². The molecule has 0 fully saturated rings. The first kappa shape index (κ1) is 13.9. The number of carbonyl (C=O) groups is 1. The highest BCUT2D eigenvalue weighted by Crippen LogP contribution is 2.33. The highest BCUT2D eigenvalue weighted by molar-refractivity contribution is 9.11. The molecule has 0 aliphatic carbocycles. The number of anilines is 1. The molecule has 0 spiro atoms. The molecule has 2 aromatic rings. The summed E-state index contributed by atoms with van der Waals surface area (Å²) in [5.41, 5.74) is 1.32. The van der Waals surface area contributed by atoms with Crippen LogP contribution in [-0.2, 0) is 0 Å². The number of rotatable bonds is 2. The van der Waals surface area contributed by atoms with Gasteiger partial charge in [-0.05, 0) is 46.6 Å². The predicted molar refractivity (Wildman–Crippen MR) is 81.2 cm³/mol. The fourth-order valence-corrected chi connectivity index (χ4v) is 3.13. The van der Waals surface area contributed by atoms with Gasteiger partial charge >= 0.3 is 0 Å². The van der Waals surface area contributed by atoms with Crippen molar-refractivity contribution in [2.75, 3.05) is 5.32 Å². The summed E-state index contributed by atoms with van der Waals surface area (Å²) in [5, 5.41) is 3.63. The lowest BCUT2D eigenvalue weighted by Gasteiger charge is -2.10. The van der Waals surface area contributed by atoms with Crippen LogP contribution < -0.4 is 5.32 Å². The van der Waals surface area contributed by atoms with Gasteiger partial charge in [-0.15, -0.1) is 11.3 Å². The molecule has 1 amide bonds. The number of thiophene rings is 1. The number of hydrogen-bond acceptors (Lipinski definition) is 2. The number of amides is 1. The van der Waals surface area contributed by atoms with Crippen LogP contribution in [0.3, 0.4) is 0 Å². The van der Waals surface area contributed by atoms with Crippen molar-refractivity contribution < 1.29 is 4.79 Å². The maximum Gasteiger partial charge on any atom is 0.265 e. The Kier molecular flexibility index (Phi) is 4.33. The van der Waals surface area contributed by atoms with Crippen molar-refractivity contribution in [1.82, 2.24) is 0 Å². The molecule has 1 aromatic carbocycles. The molecule has 0 aliphatic rings. The SMILES string of the molecule is Cc1ccc(Cl)c(NC(=O)c2ccc(Br)s2)c1Cl. The Morgan fingerprint density at radius 2 is 2.00 bits per heavy atom. The van der Waals surface area contributed by atoms with E-state index in [9.17, 15) is 4.79 Å². The monoisotopic (exact) mass is 363 g/mol. The van der Waals surface area contributed by atoms with E-state index in [1.54, 1.807) is 12.1 Å². The molecule has 0 saturated heterocycles. The van der Waals surface area contributed by atoms with Crippen molar-refractivity contribution in [3.63, 3.8) is 0 Å². The molecule has 2 rings (SSSR count). The van der Waals surface area contributed by atoms with Gasteiger partial charge in [0.1, 0.15) is 0 Å². The highest BCUT2D eigenvalue weighted by Gasteiger charge is 2.14. The maximum absolute atomic E-state index is 12.0. The summed E-state index contributed by atoms with van der Waals surface area (Å²) in [5.74, 6) is -0.222. The molecule has 94 valence electrons. The third-order valence-corrected chi connectivity index (χ3v) is 4.74. The summed E-state index contributed by atoms with van der Waals surface area (Å²) in [4.78, 5) is 12.6. The molecule has 0 aliphatic heterocycles. The van der Waals surface area contributed by atoms with Gasteiger partial charge in [-0.1, -0.05) is 29.3 Å². The predicted octanol–water partition coefficient (Wildman–Crippen LogP) is 5.38. The maximum atomic E-state index is 12.0. The average molecular weight is 365 g/mol. The lowest BCUT2D eigenvalue weighted by molar-refractivity contribution is 0.103. The molecule has 0 saturated carbocycles. The van der Waals surface area contributed by atoms with Gasteiger partial charge in [0.15, 0.2) is 0 Å². The van der Waals surface area contributed by atoms with E-state index in [2.05, 4.69) is 21.2 Å². The van der Waals surface area contributed by atoms with E-state index in [-0.39, 0.29) is 5.91 Å². The second kappa shape index (κ2) is 5.61. The summed E-state index contributed by atoms with van der Waals surface area (Å²) in [6, 6.07) is 7.07. The molecule has 18 heavy (non-hydrogen) atoms. The second-order valence-corrected chi connectivity index (χ2v) is 6.86. The van der Waals surface area contributed by atoms with Crippen LogP contribution in [-0.4, -0.2) is 5.91 Å². The zero-order chi connectivity index (χ0) is 13.3. The number of hydrogen-bond donors (Lipinski definition) is 1. The fourth-order valence-electron chi connectivity index (χ4n) is 1.38. The Bertz CT molecular complexity index is 612. The zero-order valence-corrected chi connectivity index (χ0v) is 13.2. The number of benzene rings is 1. The first-order valence-electron chi connectivity index (χ1n) is 5.00. The highest BCUT2D eigenvalue weighted by atomic mass is 79.9. The van der Waals surface area contributed by atoms with E-state index >= 15 is 0 Å². The normalized spacial score (nSPS) is 10.4. The van der Waals surface area contributed by atoms with Crippen LogP contribution in [0.4, 0.5) is 5.69 Å². The molecular weight excluding hydrogens is 357 g/mol. The fraction of sp³-hybridized carbons (Fsp3) is 0.0833. The standard InChI is InChI=1S/C12H8BrCl2NOS/c1-6-2-3-7(14)11(10(6)15)16-12(17)8-4-5-9(13)18-8/h2-5H,1H3,(H,16,17). The minimum Gasteiger partial charge on any atom is -0.319 e. The van der Waals surface area contributed by atoms with Crippen LogP contribution in [0.15, 0.2) is 28.1 Å². The Morgan fingerprint density at radius 1 is 1.28 bits per heavy atom. The third kappa shape index (κ3) is 2.88. The van der Waals surface area contributed by atoms with Crippen LogP contribution in [0.1, 0.15) is 15.2 Å². The van der Waals surface area contributed by atoms with Crippen molar-refractivity contribution in [2.45, 2.75) is 6.92 Å². The number of aryl methyl sites for hydroxylation is 1. The minimum absolute atomic E-state index is 0.222. The Hall–Kier alpha value is -0.550. The van der Waals surface area contributed by atoms with Crippen LogP contribution in [0, 0.1) is 6.92 Å². The molecular formula is C12H8BrCl2NOS. The van der Waals surface area contributed by atoms with Crippen molar-refractivity contribution in [1.29, 1.82) is 0 Å². The lowest BCUT2D eigenvalue weighted by Crippen LogP contribution is -2.11. The van der Waals surface area contributed by atoms with Gasteiger partial charge in [-0.3, -0.25) is 4.79 Å². The molecule has 2 nitrogen and oxygen atoms in total. The van der Waals surface area contributed by atoms with Crippen molar-refractivity contribution in [2.24, 2.45) is 0 Å². The zero-order valence-electron chi connectivity index (χ0n) is 9.26. The Morgan fingerprint density at radius 3 is 2.61 bits per heavy atom. The molecule has 0 unspecified atom stereocenters. The van der Waals surface area contributed by atoms with Gasteiger partial charge in [0, 0.05) is 0 Å². The van der Waals surface area contributed by atoms with E-state index in [1.807, 2.05) is 19.1 Å².